The Morgan fingerprint density at radius 1 is 1.42 bits per heavy atom. The van der Waals surface area contributed by atoms with Crippen molar-refractivity contribution in [1.82, 2.24) is 10.6 Å². The van der Waals surface area contributed by atoms with Gasteiger partial charge in [0.05, 0.1) is 6.07 Å². The van der Waals surface area contributed by atoms with E-state index in [2.05, 4.69) is 17.6 Å². The highest BCUT2D eigenvalue weighted by atomic mass is 16.5. The third-order valence-corrected chi connectivity index (χ3v) is 2.44. The summed E-state index contributed by atoms with van der Waals surface area (Å²) >= 11 is 0. The number of amides is 1. The second-order valence-corrected chi connectivity index (χ2v) is 4.01. The van der Waals surface area contributed by atoms with Crippen LogP contribution in [0.3, 0.4) is 0 Å². The van der Waals surface area contributed by atoms with Gasteiger partial charge in [0, 0.05) is 12.1 Å². The second kappa shape index (κ2) is 8.95. The van der Waals surface area contributed by atoms with Crippen molar-refractivity contribution in [3.63, 3.8) is 0 Å². The van der Waals surface area contributed by atoms with Crippen molar-refractivity contribution in [3.05, 3.63) is 29.8 Å². The van der Waals surface area contributed by atoms with Crippen LogP contribution in [0.1, 0.15) is 18.9 Å². The monoisotopic (exact) mass is 261 g/mol. The summed E-state index contributed by atoms with van der Waals surface area (Å²) in [6.45, 7) is 3.68. The molecule has 0 spiro atoms. The lowest BCUT2D eigenvalue weighted by Gasteiger charge is -2.11. The van der Waals surface area contributed by atoms with Crippen LogP contribution in [-0.4, -0.2) is 25.6 Å². The van der Waals surface area contributed by atoms with Crippen molar-refractivity contribution in [2.75, 3.05) is 19.7 Å². The molecule has 0 fully saturated rings. The molecule has 0 unspecified atom stereocenters. The second-order valence-electron chi connectivity index (χ2n) is 4.01. The predicted octanol–water partition coefficient (Wildman–Crippen LogP) is 1.20. The minimum atomic E-state index is -0.294. The molecular formula is C14H19N3O2. The first-order valence-electron chi connectivity index (χ1n) is 6.33. The summed E-state index contributed by atoms with van der Waals surface area (Å²) in [6.07, 6.45) is 1.07. The van der Waals surface area contributed by atoms with E-state index >= 15 is 0 Å². The Kier molecular flexibility index (Phi) is 7.06. The molecule has 1 rings (SSSR count). The van der Waals surface area contributed by atoms with Crippen molar-refractivity contribution in [2.24, 2.45) is 0 Å². The number of ether oxygens (including phenoxy) is 1. The molecule has 0 saturated heterocycles. The topological polar surface area (TPSA) is 74.2 Å². The van der Waals surface area contributed by atoms with E-state index in [1.54, 1.807) is 0 Å². The number of nitriles is 1. The van der Waals surface area contributed by atoms with Gasteiger partial charge in [0.25, 0.3) is 5.91 Å². The molecule has 2 N–H and O–H groups in total. The van der Waals surface area contributed by atoms with Crippen molar-refractivity contribution in [2.45, 2.75) is 19.9 Å². The number of carbonyl (C=O) groups excluding carboxylic acids is 1. The number of para-hydroxylation sites is 1. The molecule has 0 aliphatic carbocycles. The predicted molar refractivity (Wildman–Crippen MR) is 72.6 cm³/mol. The molecule has 1 amide bonds. The summed E-state index contributed by atoms with van der Waals surface area (Å²) in [5, 5.41) is 14.1. The molecule has 19 heavy (non-hydrogen) atoms. The Balaban J connectivity index is 2.48. The smallest absolute Gasteiger partial charge is 0.258 e. The lowest BCUT2D eigenvalue weighted by atomic mass is 10.2. The average Bonchev–Trinajstić information content (AvgIpc) is 2.44. The zero-order valence-electron chi connectivity index (χ0n) is 11.1. The molecule has 1 aromatic carbocycles. The van der Waals surface area contributed by atoms with E-state index in [0.29, 0.717) is 12.3 Å². The Morgan fingerprint density at radius 2 is 2.21 bits per heavy atom. The van der Waals surface area contributed by atoms with Gasteiger partial charge in [-0.1, -0.05) is 25.1 Å². The van der Waals surface area contributed by atoms with Gasteiger partial charge < -0.3 is 15.4 Å². The maximum atomic E-state index is 11.3. The zero-order chi connectivity index (χ0) is 13.9. The van der Waals surface area contributed by atoms with E-state index in [4.69, 9.17) is 10.00 Å². The summed E-state index contributed by atoms with van der Waals surface area (Å²) in [6, 6.07) is 9.45. The number of hydrogen-bond acceptors (Lipinski definition) is 4. The van der Waals surface area contributed by atoms with Gasteiger partial charge in [-0.25, -0.2) is 0 Å². The Bertz CT molecular complexity index is 441. The number of hydrogen-bond donors (Lipinski definition) is 2. The summed E-state index contributed by atoms with van der Waals surface area (Å²) in [7, 11) is 0. The standard InChI is InChI=1S/C14H19N3O2/c1-2-8-16-10-12-5-3-4-6-13(12)19-11-14(18)17-9-7-15/h3-6,16H,2,8-11H2,1H3,(H,17,18). The fourth-order valence-corrected chi connectivity index (χ4v) is 1.52. The van der Waals surface area contributed by atoms with Crippen LogP contribution < -0.4 is 15.4 Å². The zero-order valence-corrected chi connectivity index (χ0v) is 11.1. The Morgan fingerprint density at radius 3 is 2.95 bits per heavy atom. The van der Waals surface area contributed by atoms with E-state index < -0.39 is 0 Å². The minimum absolute atomic E-state index is 0.00188. The summed E-state index contributed by atoms with van der Waals surface area (Å²) in [5.74, 6) is 0.399. The first kappa shape index (κ1) is 15.0. The van der Waals surface area contributed by atoms with E-state index in [9.17, 15) is 4.79 Å². The molecule has 0 aliphatic rings. The Labute approximate surface area is 113 Å². The van der Waals surface area contributed by atoms with Crippen molar-refractivity contribution in [3.8, 4) is 11.8 Å². The van der Waals surface area contributed by atoms with Gasteiger partial charge in [-0.2, -0.15) is 5.26 Å². The molecule has 5 heteroatoms. The van der Waals surface area contributed by atoms with Gasteiger partial charge >= 0.3 is 0 Å². The van der Waals surface area contributed by atoms with E-state index in [-0.39, 0.29) is 19.1 Å². The first-order valence-corrected chi connectivity index (χ1v) is 6.33. The fraction of sp³-hybridized carbons (Fsp3) is 0.429. The number of nitrogens with one attached hydrogen (secondary N) is 2. The molecule has 0 saturated carbocycles. The van der Waals surface area contributed by atoms with Gasteiger partial charge in [-0.05, 0) is 19.0 Å². The van der Waals surface area contributed by atoms with E-state index in [1.807, 2.05) is 30.3 Å². The maximum Gasteiger partial charge on any atom is 0.258 e. The molecule has 0 radical (unpaired) electrons. The van der Waals surface area contributed by atoms with Gasteiger partial charge in [0.15, 0.2) is 6.61 Å². The van der Waals surface area contributed by atoms with Crippen LogP contribution in [-0.2, 0) is 11.3 Å². The third-order valence-electron chi connectivity index (χ3n) is 2.44. The van der Waals surface area contributed by atoms with Crippen LogP contribution >= 0.6 is 0 Å². The molecule has 0 heterocycles. The lowest BCUT2D eigenvalue weighted by molar-refractivity contribution is -0.122. The molecular weight excluding hydrogens is 242 g/mol. The van der Waals surface area contributed by atoms with Crippen LogP contribution in [0.4, 0.5) is 0 Å². The van der Waals surface area contributed by atoms with Crippen LogP contribution in [0.25, 0.3) is 0 Å². The normalized spacial score (nSPS) is 9.68. The van der Waals surface area contributed by atoms with E-state index in [0.717, 1.165) is 18.5 Å². The summed E-state index contributed by atoms with van der Waals surface area (Å²) in [5.41, 5.74) is 1.02. The molecule has 0 aliphatic heterocycles. The molecule has 0 aromatic heterocycles. The highest BCUT2D eigenvalue weighted by molar-refractivity contribution is 5.77. The van der Waals surface area contributed by atoms with Crippen molar-refractivity contribution < 1.29 is 9.53 Å². The lowest BCUT2D eigenvalue weighted by Crippen LogP contribution is -2.29. The van der Waals surface area contributed by atoms with Gasteiger partial charge in [-0.15, -0.1) is 0 Å². The molecule has 0 atom stereocenters. The SMILES string of the molecule is CCCNCc1ccccc1OCC(=O)NCC#N. The van der Waals surface area contributed by atoms with Crippen LogP contribution in [0.2, 0.25) is 0 Å². The molecule has 5 nitrogen and oxygen atoms in total. The van der Waals surface area contributed by atoms with E-state index in [1.165, 1.54) is 0 Å². The number of benzene rings is 1. The largest absolute Gasteiger partial charge is 0.483 e. The van der Waals surface area contributed by atoms with Crippen LogP contribution in [0.15, 0.2) is 24.3 Å². The average molecular weight is 261 g/mol. The maximum absolute atomic E-state index is 11.3. The highest BCUT2D eigenvalue weighted by Crippen LogP contribution is 2.17. The molecule has 1 aromatic rings. The molecule has 0 bridgehead atoms. The van der Waals surface area contributed by atoms with Crippen LogP contribution in [0.5, 0.6) is 5.75 Å². The van der Waals surface area contributed by atoms with Crippen molar-refractivity contribution in [1.29, 1.82) is 5.26 Å². The summed E-state index contributed by atoms with van der Waals surface area (Å²) < 4.78 is 5.47. The van der Waals surface area contributed by atoms with Gasteiger partial charge in [0.1, 0.15) is 12.3 Å². The molecule has 102 valence electrons. The quantitative estimate of drug-likeness (QED) is 0.545. The van der Waals surface area contributed by atoms with Gasteiger partial charge in [0.2, 0.25) is 0 Å². The summed E-state index contributed by atoms with van der Waals surface area (Å²) in [4.78, 5) is 11.3. The highest BCUT2D eigenvalue weighted by Gasteiger charge is 2.05. The third kappa shape index (κ3) is 5.89. The van der Waals surface area contributed by atoms with Crippen LogP contribution in [0, 0.1) is 11.3 Å². The Hall–Kier alpha value is -2.06. The number of nitrogens with zero attached hydrogens (tertiary/aromatic N) is 1. The number of rotatable bonds is 8. The first-order chi connectivity index (χ1) is 9.27. The van der Waals surface area contributed by atoms with Crippen molar-refractivity contribution >= 4 is 5.91 Å². The number of carbonyl (C=O) groups is 1. The fourth-order valence-electron chi connectivity index (χ4n) is 1.52. The minimum Gasteiger partial charge on any atom is -0.483 e. The van der Waals surface area contributed by atoms with Gasteiger partial charge in [-0.3, -0.25) is 4.79 Å².